The zero-order valence-electron chi connectivity index (χ0n) is 9.01. The molecule has 0 saturated heterocycles. The van der Waals surface area contributed by atoms with Gasteiger partial charge in [-0.15, -0.1) is 0 Å². The third-order valence-corrected chi connectivity index (χ3v) is 2.85. The number of hydrogen-bond donors (Lipinski definition) is 2. The molecule has 0 aliphatic rings. The van der Waals surface area contributed by atoms with Crippen molar-refractivity contribution in [3.8, 4) is 5.69 Å². The van der Waals surface area contributed by atoms with E-state index in [0.717, 1.165) is 5.69 Å². The van der Waals surface area contributed by atoms with Crippen LogP contribution in [0.2, 0.25) is 0 Å². The Balaban J connectivity index is 2.59. The lowest BCUT2D eigenvalue weighted by Gasteiger charge is -2.18. The largest absolute Gasteiger partial charge is 0.300 e. The standard InChI is InChI=1S/C12H12BrN3O/c13-12(14,15)9-6-7-11(17)16(8-9)10-4-2-1-3-5-10/h1-8H,14-15H2. The van der Waals surface area contributed by atoms with Crippen LogP contribution in [0.4, 0.5) is 0 Å². The van der Waals surface area contributed by atoms with Crippen LogP contribution in [-0.4, -0.2) is 4.57 Å². The molecule has 1 aromatic carbocycles. The molecule has 88 valence electrons. The zero-order valence-corrected chi connectivity index (χ0v) is 10.6. The van der Waals surface area contributed by atoms with Gasteiger partial charge in [0, 0.05) is 23.5 Å². The Bertz CT molecular complexity index is 572. The summed E-state index contributed by atoms with van der Waals surface area (Å²) in [4.78, 5) is 11.8. The summed E-state index contributed by atoms with van der Waals surface area (Å²) in [6, 6.07) is 12.3. The molecule has 1 heterocycles. The zero-order chi connectivity index (χ0) is 12.5. The number of halogens is 1. The summed E-state index contributed by atoms with van der Waals surface area (Å²) in [7, 11) is 0. The van der Waals surface area contributed by atoms with Crippen molar-refractivity contribution in [1.29, 1.82) is 0 Å². The van der Waals surface area contributed by atoms with Gasteiger partial charge in [-0.2, -0.15) is 0 Å². The molecule has 4 nitrogen and oxygen atoms in total. The molecule has 4 N–H and O–H groups in total. The molecule has 0 aliphatic carbocycles. The molecule has 17 heavy (non-hydrogen) atoms. The Labute approximate surface area is 107 Å². The molecule has 2 aromatic rings. The number of pyridine rings is 1. The van der Waals surface area contributed by atoms with E-state index in [1.54, 1.807) is 12.3 Å². The number of alkyl halides is 1. The van der Waals surface area contributed by atoms with Crippen LogP contribution in [0.5, 0.6) is 0 Å². The van der Waals surface area contributed by atoms with Crippen molar-refractivity contribution in [2.45, 2.75) is 4.57 Å². The number of para-hydroxylation sites is 1. The fourth-order valence-corrected chi connectivity index (χ4v) is 1.74. The normalized spacial score (nSPS) is 11.5. The number of nitrogens with two attached hydrogens (primary N) is 2. The average Bonchev–Trinajstić information content (AvgIpc) is 2.29. The smallest absolute Gasteiger partial charge is 0.255 e. The van der Waals surface area contributed by atoms with Gasteiger partial charge in [-0.25, -0.2) is 0 Å². The Kier molecular flexibility index (Phi) is 3.15. The minimum Gasteiger partial charge on any atom is -0.300 e. The van der Waals surface area contributed by atoms with Crippen LogP contribution < -0.4 is 17.0 Å². The SMILES string of the molecule is NC(N)(Br)c1ccc(=O)n(-c2ccccc2)c1. The molecule has 2 rings (SSSR count). The van der Waals surface area contributed by atoms with Crippen LogP contribution in [0.15, 0.2) is 53.5 Å². The molecular formula is C12H12BrN3O. The Hall–Kier alpha value is -1.43. The van der Waals surface area contributed by atoms with E-state index in [1.807, 2.05) is 30.3 Å². The molecule has 5 heteroatoms. The topological polar surface area (TPSA) is 74.0 Å². The fraction of sp³-hybridized carbons (Fsp3) is 0.0833. The van der Waals surface area contributed by atoms with Gasteiger partial charge in [0.05, 0.1) is 0 Å². The highest BCUT2D eigenvalue weighted by Crippen LogP contribution is 2.18. The maximum absolute atomic E-state index is 11.8. The Morgan fingerprint density at radius 3 is 2.29 bits per heavy atom. The second-order valence-electron chi connectivity index (χ2n) is 3.73. The number of hydrogen-bond acceptors (Lipinski definition) is 3. The first-order valence-electron chi connectivity index (χ1n) is 5.04. The molecule has 0 saturated carbocycles. The number of nitrogens with zero attached hydrogens (tertiary/aromatic N) is 1. The first-order chi connectivity index (χ1) is 7.98. The van der Waals surface area contributed by atoms with E-state index in [-0.39, 0.29) is 5.56 Å². The van der Waals surface area contributed by atoms with E-state index < -0.39 is 4.57 Å². The minimum atomic E-state index is -1.14. The van der Waals surface area contributed by atoms with Gasteiger partial charge < -0.3 is 11.5 Å². The lowest BCUT2D eigenvalue weighted by Crippen LogP contribution is -2.40. The molecule has 1 aromatic heterocycles. The van der Waals surface area contributed by atoms with Crippen molar-refractivity contribution in [3.63, 3.8) is 0 Å². The van der Waals surface area contributed by atoms with E-state index in [2.05, 4.69) is 15.9 Å². The summed E-state index contributed by atoms with van der Waals surface area (Å²) in [6.45, 7) is 0. The van der Waals surface area contributed by atoms with Crippen LogP contribution >= 0.6 is 15.9 Å². The summed E-state index contributed by atoms with van der Waals surface area (Å²) < 4.78 is 0.363. The van der Waals surface area contributed by atoms with Gasteiger partial charge in [-0.05, 0) is 34.1 Å². The highest BCUT2D eigenvalue weighted by atomic mass is 79.9. The highest BCUT2D eigenvalue weighted by molar-refractivity contribution is 9.09. The van der Waals surface area contributed by atoms with Crippen molar-refractivity contribution in [2.24, 2.45) is 11.5 Å². The van der Waals surface area contributed by atoms with Crippen LogP contribution in [-0.2, 0) is 4.57 Å². The first kappa shape index (κ1) is 12.0. The maximum atomic E-state index is 11.8. The van der Waals surface area contributed by atoms with Gasteiger partial charge in [0.1, 0.15) is 4.57 Å². The van der Waals surface area contributed by atoms with E-state index in [4.69, 9.17) is 11.5 Å². The molecule has 0 aliphatic heterocycles. The molecule has 0 spiro atoms. The Morgan fingerprint density at radius 2 is 1.71 bits per heavy atom. The minimum absolute atomic E-state index is 0.128. The van der Waals surface area contributed by atoms with Gasteiger partial charge >= 0.3 is 0 Å². The second kappa shape index (κ2) is 4.44. The van der Waals surface area contributed by atoms with Crippen molar-refractivity contribution >= 4 is 15.9 Å². The third kappa shape index (κ3) is 2.63. The van der Waals surface area contributed by atoms with E-state index >= 15 is 0 Å². The van der Waals surface area contributed by atoms with Gasteiger partial charge in [-0.3, -0.25) is 9.36 Å². The molecule has 0 fully saturated rings. The van der Waals surface area contributed by atoms with Crippen molar-refractivity contribution in [1.82, 2.24) is 4.57 Å². The number of rotatable bonds is 2. The number of aromatic nitrogens is 1. The quantitative estimate of drug-likeness (QED) is 0.497. The monoisotopic (exact) mass is 293 g/mol. The van der Waals surface area contributed by atoms with E-state index in [0.29, 0.717) is 5.56 Å². The fourth-order valence-electron chi connectivity index (χ4n) is 1.50. The summed E-state index contributed by atoms with van der Waals surface area (Å²) in [5, 5.41) is 0. The van der Waals surface area contributed by atoms with Gasteiger partial charge in [0.15, 0.2) is 0 Å². The second-order valence-corrected chi connectivity index (χ2v) is 5.04. The highest BCUT2D eigenvalue weighted by Gasteiger charge is 2.18. The maximum Gasteiger partial charge on any atom is 0.255 e. The molecular weight excluding hydrogens is 282 g/mol. The van der Waals surface area contributed by atoms with Crippen LogP contribution in [0.25, 0.3) is 5.69 Å². The van der Waals surface area contributed by atoms with Crippen LogP contribution in [0.3, 0.4) is 0 Å². The molecule has 0 atom stereocenters. The van der Waals surface area contributed by atoms with Gasteiger partial charge in [0.25, 0.3) is 5.56 Å². The average molecular weight is 294 g/mol. The summed E-state index contributed by atoms with van der Waals surface area (Å²) in [5.41, 5.74) is 12.7. The molecule has 0 bridgehead atoms. The predicted octanol–water partition coefficient (Wildman–Crippen LogP) is 1.26. The predicted molar refractivity (Wildman–Crippen MR) is 71.0 cm³/mol. The Morgan fingerprint density at radius 1 is 1.06 bits per heavy atom. The number of benzene rings is 1. The molecule has 0 unspecified atom stereocenters. The van der Waals surface area contributed by atoms with Gasteiger partial charge in [0.2, 0.25) is 0 Å². The van der Waals surface area contributed by atoms with E-state index in [1.165, 1.54) is 10.6 Å². The van der Waals surface area contributed by atoms with Crippen molar-refractivity contribution in [3.05, 3.63) is 64.6 Å². The van der Waals surface area contributed by atoms with Crippen LogP contribution in [0.1, 0.15) is 5.56 Å². The van der Waals surface area contributed by atoms with Crippen molar-refractivity contribution in [2.75, 3.05) is 0 Å². The lowest BCUT2D eigenvalue weighted by atomic mass is 10.2. The van der Waals surface area contributed by atoms with Crippen LogP contribution in [0, 0.1) is 0 Å². The summed E-state index contributed by atoms with van der Waals surface area (Å²) in [6.07, 6.45) is 1.63. The molecule has 0 radical (unpaired) electrons. The third-order valence-electron chi connectivity index (χ3n) is 2.39. The molecule has 0 amide bonds. The summed E-state index contributed by atoms with van der Waals surface area (Å²) in [5.74, 6) is 0. The van der Waals surface area contributed by atoms with E-state index in [9.17, 15) is 4.79 Å². The van der Waals surface area contributed by atoms with Gasteiger partial charge in [-0.1, -0.05) is 18.2 Å². The first-order valence-corrected chi connectivity index (χ1v) is 5.83. The van der Waals surface area contributed by atoms with Crippen molar-refractivity contribution < 1.29 is 0 Å². The summed E-state index contributed by atoms with van der Waals surface area (Å²) >= 11 is 3.16. The lowest BCUT2D eigenvalue weighted by molar-refractivity contribution is 0.702.